The van der Waals surface area contributed by atoms with Gasteiger partial charge in [-0.15, -0.1) is 0 Å². The fourth-order valence-corrected chi connectivity index (χ4v) is 3.67. The summed E-state index contributed by atoms with van der Waals surface area (Å²) in [5.74, 6) is 1.78. The number of hydrogen-bond acceptors (Lipinski definition) is 5. The minimum Gasteiger partial charge on any atom is -0.496 e. The van der Waals surface area contributed by atoms with E-state index in [0.29, 0.717) is 0 Å². The highest BCUT2D eigenvalue weighted by Crippen LogP contribution is 2.44. The molecule has 0 radical (unpaired) electrons. The van der Waals surface area contributed by atoms with Gasteiger partial charge in [0.15, 0.2) is 6.29 Å². The summed E-state index contributed by atoms with van der Waals surface area (Å²) in [5, 5.41) is 0. The van der Waals surface area contributed by atoms with E-state index in [1.54, 1.807) is 21.3 Å². The van der Waals surface area contributed by atoms with Crippen molar-refractivity contribution < 1.29 is 23.7 Å². The van der Waals surface area contributed by atoms with E-state index in [1.165, 1.54) is 0 Å². The van der Waals surface area contributed by atoms with E-state index in [4.69, 9.17) is 23.7 Å². The predicted molar refractivity (Wildman–Crippen MR) is 86.2 cm³/mol. The first kappa shape index (κ1) is 16.6. The van der Waals surface area contributed by atoms with Crippen LogP contribution in [0.15, 0.2) is 12.1 Å². The summed E-state index contributed by atoms with van der Waals surface area (Å²) in [6.07, 6.45) is 2.04. The highest BCUT2D eigenvalue weighted by molar-refractivity contribution is 5.49. The van der Waals surface area contributed by atoms with Crippen molar-refractivity contribution in [1.82, 2.24) is 0 Å². The van der Waals surface area contributed by atoms with E-state index in [9.17, 15) is 0 Å². The molecule has 2 aliphatic rings. The van der Waals surface area contributed by atoms with E-state index in [-0.39, 0.29) is 18.5 Å². The Bertz CT molecular complexity index is 573. The van der Waals surface area contributed by atoms with Gasteiger partial charge in [0.2, 0.25) is 0 Å². The third-order valence-corrected chi connectivity index (χ3v) is 4.98. The maximum atomic E-state index is 6.41. The van der Waals surface area contributed by atoms with Crippen molar-refractivity contribution in [1.29, 1.82) is 0 Å². The number of hydrogen-bond donors (Lipinski definition) is 0. The molecule has 3 rings (SSSR count). The first-order valence-electron chi connectivity index (χ1n) is 8.08. The number of rotatable bonds is 4. The summed E-state index contributed by atoms with van der Waals surface area (Å²) < 4.78 is 29.0. The van der Waals surface area contributed by atoms with Gasteiger partial charge in [0, 0.05) is 26.2 Å². The molecular weight excluding hydrogens is 296 g/mol. The molecule has 128 valence electrons. The monoisotopic (exact) mass is 322 g/mol. The maximum absolute atomic E-state index is 6.41. The van der Waals surface area contributed by atoms with Crippen molar-refractivity contribution in [2.24, 2.45) is 0 Å². The average molecular weight is 322 g/mol. The Kier molecular flexibility index (Phi) is 4.54. The van der Waals surface area contributed by atoms with Gasteiger partial charge in [0.25, 0.3) is 0 Å². The van der Waals surface area contributed by atoms with E-state index < -0.39 is 5.60 Å². The molecule has 1 aromatic carbocycles. The second kappa shape index (κ2) is 6.30. The quantitative estimate of drug-likeness (QED) is 0.853. The zero-order valence-electron chi connectivity index (χ0n) is 14.5. The molecule has 1 fully saturated rings. The molecule has 0 spiro atoms. The van der Waals surface area contributed by atoms with Crippen molar-refractivity contribution >= 4 is 0 Å². The maximum Gasteiger partial charge on any atom is 0.160 e. The first-order chi connectivity index (χ1) is 11.0. The minimum atomic E-state index is -0.445. The van der Waals surface area contributed by atoms with Crippen molar-refractivity contribution in [3.05, 3.63) is 23.3 Å². The molecule has 5 heteroatoms. The van der Waals surface area contributed by atoms with Gasteiger partial charge in [0.1, 0.15) is 23.2 Å². The normalized spacial score (nSPS) is 33.2. The van der Waals surface area contributed by atoms with E-state index >= 15 is 0 Å². The molecule has 2 aliphatic heterocycles. The highest BCUT2D eigenvalue weighted by Gasteiger charge is 2.50. The molecular formula is C18H26O5. The Morgan fingerprint density at radius 3 is 2.61 bits per heavy atom. The van der Waals surface area contributed by atoms with Gasteiger partial charge in [-0.2, -0.15) is 0 Å². The molecule has 0 amide bonds. The summed E-state index contributed by atoms with van der Waals surface area (Å²) in [5.41, 5.74) is 1.81. The van der Waals surface area contributed by atoms with Crippen LogP contribution in [-0.2, 0) is 20.6 Å². The van der Waals surface area contributed by atoms with Gasteiger partial charge < -0.3 is 23.7 Å². The number of methoxy groups -OCH3 is 3. The molecule has 0 unspecified atom stereocenters. The third-order valence-electron chi connectivity index (χ3n) is 4.98. The van der Waals surface area contributed by atoms with Gasteiger partial charge in [-0.3, -0.25) is 0 Å². The van der Waals surface area contributed by atoms with Gasteiger partial charge in [-0.1, -0.05) is 0 Å². The standard InChI is InChI=1S/C18H26O5/c1-11-8-13(19-3)12-6-7-18(2,23-14(12)9-11)17-15(20-4)10-16(21-5)22-17/h8-9,15-17H,6-7,10H2,1-5H3/t15-,16+,17+,18+/m0/s1. The summed E-state index contributed by atoms with van der Waals surface area (Å²) in [6, 6.07) is 4.12. The second-order valence-electron chi connectivity index (χ2n) is 6.59. The van der Waals surface area contributed by atoms with Crippen molar-refractivity contribution in [2.45, 2.75) is 57.2 Å². The van der Waals surface area contributed by atoms with Crippen molar-refractivity contribution in [3.8, 4) is 11.5 Å². The number of aryl methyl sites for hydroxylation is 1. The summed E-state index contributed by atoms with van der Waals surface area (Å²) in [6.45, 7) is 4.14. The van der Waals surface area contributed by atoms with Crippen LogP contribution in [0.2, 0.25) is 0 Å². The zero-order chi connectivity index (χ0) is 16.6. The summed E-state index contributed by atoms with van der Waals surface area (Å²) in [7, 11) is 5.08. The fraction of sp³-hybridized carbons (Fsp3) is 0.667. The van der Waals surface area contributed by atoms with Gasteiger partial charge in [-0.05, 0) is 44.4 Å². The van der Waals surface area contributed by atoms with Crippen LogP contribution in [0, 0.1) is 6.92 Å². The molecule has 1 aromatic rings. The lowest BCUT2D eigenvalue weighted by Gasteiger charge is -2.41. The van der Waals surface area contributed by atoms with E-state index in [1.807, 2.05) is 6.92 Å². The van der Waals surface area contributed by atoms with Crippen LogP contribution in [0.25, 0.3) is 0 Å². The SMILES string of the molecule is COc1cc(C)cc2c1CC[C@](C)([C@@H]1O[C@@H](OC)C[C@@H]1OC)O2. The van der Waals surface area contributed by atoms with Crippen molar-refractivity contribution in [3.63, 3.8) is 0 Å². The fourth-order valence-electron chi connectivity index (χ4n) is 3.67. The summed E-state index contributed by atoms with van der Waals surface area (Å²) >= 11 is 0. The Labute approximate surface area is 137 Å². The molecule has 0 aromatic heterocycles. The van der Waals surface area contributed by atoms with E-state index in [0.717, 1.165) is 41.9 Å². The van der Waals surface area contributed by atoms with Gasteiger partial charge in [0.05, 0.1) is 13.2 Å². The lowest BCUT2D eigenvalue weighted by atomic mass is 9.85. The Balaban J connectivity index is 1.89. The van der Waals surface area contributed by atoms with Crippen LogP contribution < -0.4 is 9.47 Å². The lowest BCUT2D eigenvalue weighted by Crippen LogP contribution is -2.52. The first-order valence-corrected chi connectivity index (χ1v) is 8.08. The van der Waals surface area contributed by atoms with Crippen LogP contribution in [0.5, 0.6) is 11.5 Å². The molecule has 5 nitrogen and oxygen atoms in total. The molecule has 0 N–H and O–H groups in total. The Morgan fingerprint density at radius 1 is 1.17 bits per heavy atom. The number of benzene rings is 1. The molecule has 4 atom stereocenters. The molecule has 0 bridgehead atoms. The van der Waals surface area contributed by atoms with Crippen LogP contribution in [0.1, 0.15) is 30.9 Å². The molecule has 23 heavy (non-hydrogen) atoms. The summed E-state index contributed by atoms with van der Waals surface area (Å²) in [4.78, 5) is 0. The highest BCUT2D eigenvalue weighted by atomic mass is 16.7. The molecule has 0 saturated carbocycles. The second-order valence-corrected chi connectivity index (χ2v) is 6.59. The van der Waals surface area contributed by atoms with E-state index in [2.05, 4.69) is 19.1 Å². The van der Waals surface area contributed by atoms with Crippen LogP contribution in [0.3, 0.4) is 0 Å². The Morgan fingerprint density at radius 2 is 1.96 bits per heavy atom. The molecule has 0 aliphatic carbocycles. The van der Waals surface area contributed by atoms with Gasteiger partial charge in [-0.25, -0.2) is 0 Å². The van der Waals surface area contributed by atoms with Crippen LogP contribution >= 0.6 is 0 Å². The van der Waals surface area contributed by atoms with Crippen molar-refractivity contribution in [2.75, 3.05) is 21.3 Å². The smallest absolute Gasteiger partial charge is 0.160 e. The number of fused-ring (bicyclic) bond motifs is 1. The zero-order valence-corrected chi connectivity index (χ0v) is 14.5. The number of ether oxygens (including phenoxy) is 5. The predicted octanol–water partition coefficient (Wildman–Crippen LogP) is 2.86. The Hall–Kier alpha value is -1.30. The van der Waals surface area contributed by atoms with Crippen LogP contribution in [-0.4, -0.2) is 45.4 Å². The topological polar surface area (TPSA) is 46.2 Å². The largest absolute Gasteiger partial charge is 0.496 e. The van der Waals surface area contributed by atoms with Gasteiger partial charge >= 0.3 is 0 Å². The third kappa shape index (κ3) is 2.93. The minimum absolute atomic E-state index is 0.0294. The molecule has 2 heterocycles. The lowest BCUT2D eigenvalue weighted by molar-refractivity contribution is -0.171. The molecule has 1 saturated heterocycles. The average Bonchev–Trinajstić information content (AvgIpc) is 2.98. The van der Waals surface area contributed by atoms with Crippen LogP contribution in [0.4, 0.5) is 0 Å².